The van der Waals surface area contributed by atoms with Gasteiger partial charge in [0.05, 0.1) is 19.0 Å². The van der Waals surface area contributed by atoms with Gasteiger partial charge in [-0.15, -0.1) is 0 Å². The Bertz CT molecular complexity index is 657. The number of carbonyl (C=O) groups is 1. The molecule has 3 rings (SSSR count). The fourth-order valence-corrected chi connectivity index (χ4v) is 3.28. The number of aryl methyl sites for hydroxylation is 2. The first-order valence-corrected chi connectivity index (χ1v) is 7.11. The largest absolute Gasteiger partial charge is 0.495 e. The molecule has 2 aromatic rings. The summed E-state index contributed by atoms with van der Waals surface area (Å²) < 4.78 is 7.65. The first-order chi connectivity index (χ1) is 9.72. The average Bonchev–Trinajstić information content (AvgIpc) is 2.79. The lowest BCUT2D eigenvalue weighted by atomic mass is 9.95. The summed E-state index contributed by atoms with van der Waals surface area (Å²) in [6, 6.07) is 6.09. The summed E-state index contributed by atoms with van der Waals surface area (Å²) in [6.45, 7) is 0.515. The van der Waals surface area contributed by atoms with Crippen LogP contribution in [0, 0.1) is 0 Å². The minimum Gasteiger partial charge on any atom is -0.495 e. The number of fused-ring (bicyclic) bond motifs is 3. The van der Waals surface area contributed by atoms with E-state index in [1.54, 1.807) is 7.11 Å². The number of hydrogen-bond acceptors (Lipinski definition) is 2. The van der Waals surface area contributed by atoms with Crippen molar-refractivity contribution >= 4 is 16.9 Å². The third kappa shape index (κ3) is 2.05. The van der Waals surface area contributed by atoms with E-state index in [0.717, 1.165) is 24.1 Å². The Balaban J connectivity index is 2.20. The second kappa shape index (κ2) is 5.19. The fourth-order valence-electron chi connectivity index (χ4n) is 3.28. The number of ether oxygens (including phenoxy) is 1. The van der Waals surface area contributed by atoms with Crippen molar-refractivity contribution in [2.75, 3.05) is 7.11 Å². The molecule has 1 aromatic heterocycles. The summed E-state index contributed by atoms with van der Waals surface area (Å²) in [5, 5.41) is 10.2. The van der Waals surface area contributed by atoms with Crippen molar-refractivity contribution in [2.24, 2.45) is 0 Å². The molecule has 4 nitrogen and oxygen atoms in total. The predicted molar refractivity (Wildman–Crippen MR) is 77.4 cm³/mol. The molecule has 0 saturated carbocycles. The number of nitrogens with zero attached hydrogens (tertiary/aromatic N) is 1. The second-order valence-corrected chi connectivity index (χ2v) is 5.28. The highest BCUT2D eigenvalue weighted by Crippen LogP contribution is 2.36. The van der Waals surface area contributed by atoms with Crippen LogP contribution in [0.3, 0.4) is 0 Å². The molecule has 0 atom stereocenters. The quantitative estimate of drug-likeness (QED) is 0.931. The van der Waals surface area contributed by atoms with Crippen LogP contribution in [0.15, 0.2) is 18.2 Å². The lowest BCUT2D eigenvalue weighted by molar-refractivity contribution is -0.137. The third-order valence-electron chi connectivity index (χ3n) is 4.13. The van der Waals surface area contributed by atoms with Crippen molar-refractivity contribution in [1.82, 2.24) is 4.57 Å². The van der Waals surface area contributed by atoms with E-state index < -0.39 is 5.97 Å². The van der Waals surface area contributed by atoms with E-state index in [9.17, 15) is 4.79 Å². The number of carboxylic acid groups (broad SMARTS) is 1. The number of hydrogen-bond donors (Lipinski definition) is 1. The lowest BCUT2D eigenvalue weighted by Gasteiger charge is -2.15. The average molecular weight is 273 g/mol. The highest BCUT2D eigenvalue weighted by atomic mass is 16.5. The van der Waals surface area contributed by atoms with Gasteiger partial charge in [0.15, 0.2) is 0 Å². The van der Waals surface area contributed by atoms with Crippen LogP contribution in [-0.4, -0.2) is 22.8 Å². The van der Waals surface area contributed by atoms with Crippen LogP contribution >= 0.6 is 0 Å². The minimum absolute atomic E-state index is 0.147. The maximum atomic E-state index is 10.9. The number of rotatable bonds is 4. The van der Waals surface area contributed by atoms with E-state index in [1.165, 1.54) is 29.5 Å². The van der Waals surface area contributed by atoms with Crippen LogP contribution in [0.25, 0.3) is 10.9 Å². The Morgan fingerprint density at radius 1 is 1.35 bits per heavy atom. The first kappa shape index (κ1) is 13.0. The van der Waals surface area contributed by atoms with E-state index in [-0.39, 0.29) is 6.42 Å². The summed E-state index contributed by atoms with van der Waals surface area (Å²) in [6.07, 6.45) is 4.65. The Hall–Kier alpha value is -1.97. The van der Waals surface area contributed by atoms with Gasteiger partial charge in [-0.25, -0.2) is 0 Å². The normalized spacial score (nSPS) is 14.2. The van der Waals surface area contributed by atoms with Gasteiger partial charge in [-0.3, -0.25) is 4.79 Å². The highest BCUT2D eigenvalue weighted by molar-refractivity contribution is 5.91. The topological polar surface area (TPSA) is 51.5 Å². The molecule has 0 spiro atoms. The molecule has 1 N–H and O–H groups in total. The van der Waals surface area contributed by atoms with Crippen molar-refractivity contribution in [3.63, 3.8) is 0 Å². The summed E-state index contributed by atoms with van der Waals surface area (Å²) in [5.41, 5.74) is 3.75. The molecule has 0 radical (unpaired) electrons. The molecule has 1 aliphatic carbocycles. The zero-order valence-corrected chi connectivity index (χ0v) is 11.7. The van der Waals surface area contributed by atoms with Crippen LogP contribution in [0.4, 0.5) is 0 Å². The van der Waals surface area contributed by atoms with Gasteiger partial charge >= 0.3 is 5.97 Å². The lowest BCUT2D eigenvalue weighted by Crippen LogP contribution is -2.11. The van der Waals surface area contributed by atoms with E-state index in [1.807, 2.05) is 12.1 Å². The van der Waals surface area contributed by atoms with E-state index in [4.69, 9.17) is 9.84 Å². The summed E-state index contributed by atoms with van der Waals surface area (Å²) in [7, 11) is 1.67. The number of para-hydroxylation sites is 1. The molecule has 0 amide bonds. The van der Waals surface area contributed by atoms with Gasteiger partial charge in [-0.2, -0.15) is 0 Å². The smallest absolute Gasteiger partial charge is 0.305 e. The molecule has 0 unspecified atom stereocenters. The van der Waals surface area contributed by atoms with Crippen molar-refractivity contribution in [2.45, 2.75) is 38.6 Å². The molecule has 4 heteroatoms. The van der Waals surface area contributed by atoms with Gasteiger partial charge in [0, 0.05) is 17.6 Å². The molecule has 0 aliphatic heterocycles. The molecule has 20 heavy (non-hydrogen) atoms. The van der Waals surface area contributed by atoms with Gasteiger partial charge in [0.25, 0.3) is 0 Å². The van der Waals surface area contributed by atoms with E-state index in [2.05, 4.69) is 10.6 Å². The zero-order valence-electron chi connectivity index (χ0n) is 11.7. The molecule has 0 saturated heterocycles. The van der Waals surface area contributed by atoms with Crippen LogP contribution in [0.5, 0.6) is 5.75 Å². The number of benzene rings is 1. The Morgan fingerprint density at radius 3 is 2.90 bits per heavy atom. The Kier molecular flexibility index (Phi) is 3.38. The molecule has 106 valence electrons. The SMILES string of the molecule is COc1cccc2c3c(n(CCC(=O)O)c12)CCCC3. The monoisotopic (exact) mass is 273 g/mol. The summed E-state index contributed by atoms with van der Waals surface area (Å²) in [5.74, 6) is 0.0774. The summed E-state index contributed by atoms with van der Waals surface area (Å²) in [4.78, 5) is 10.9. The maximum absolute atomic E-state index is 10.9. The van der Waals surface area contributed by atoms with Crippen LogP contribution in [0.2, 0.25) is 0 Å². The molecular weight excluding hydrogens is 254 g/mol. The van der Waals surface area contributed by atoms with E-state index >= 15 is 0 Å². The third-order valence-corrected chi connectivity index (χ3v) is 4.13. The number of aliphatic carboxylic acids is 1. The van der Waals surface area contributed by atoms with Gasteiger partial charge in [-0.05, 0) is 37.3 Å². The molecule has 1 heterocycles. The van der Waals surface area contributed by atoms with Crippen molar-refractivity contribution < 1.29 is 14.6 Å². The Morgan fingerprint density at radius 2 is 2.15 bits per heavy atom. The first-order valence-electron chi connectivity index (χ1n) is 7.11. The molecular formula is C16H19NO3. The number of methoxy groups -OCH3 is 1. The zero-order chi connectivity index (χ0) is 14.1. The van der Waals surface area contributed by atoms with Crippen molar-refractivity contribution in [1.29, 1.82) is 0 Å². The van der Waals surface area contributed by atoms with Crippen molar-refractivity contribution in [3.05, 3.63) is 29.5 Å². The van der Waals surface area contributed by atoms with Crippen molar-refractivity contribution in [3.8, 4) is 5.75 Å². The van der Waals surface area contributed by atoms with Gasteiger partial charge in [0.1, 0.15) is 5.75 Å². The minimum atomic E-state index is -0.758. The molecule has 1 aromatic carbocycles. The number of carboxylic acids is 1. The predicted octanol–water partition coefficient (Wildman–Crippen LogP) is 3.00. The van der Waals surface area contributed by atoms with Gasteiger partial charge in [-0.1, -0.05) is 12.1 Å². The van der Waals surface area contributed by atoms with Gasteiger partial charge in [0.2, 0.25) is 0 Å². The van der Waals surface area contributed by atoms with E-state index in [0.29, 0.717) is 6.54 Å². The molecule has 0 fully saturated rings. The number of aromatic nitrogens is 1. The Labute approximate surface area is 118 Å². The molecule has 1 aliphatic rings. The van der Waals surface area contributed by atoms with Crippen LogP contribution < -0.4 is 4.74 Å². The standard InChI is InChI=1S/C16H19NO3/c1-20-14-8-4-6-12-11-5-2-3-7-13(11)17(16(12)14)10-9-15(18)19/h4,6,8H,2-3,5,7,9-10H2,1H3,(H,18,19). The summed E-state index contributed by atoms with van der Waals surface area (Å²) >= 11 is 0. The maximum Gasteiger partial charge on any atom is 0.305 e. The highest BCUT2D eigenvalue weighted by Gasteiger charge is 2.22. The molecule has 0 bridgehead atoms. The van der Waals surface area contributed by atoms with Crippen LogP contribution in [-0.2, 0) is 24.2 Å². The van der Waals surface area contributed by atoms with Gasteiger partial charge < -0.3 is 14.4 Å². The van der Waals surface area contributed by atoms with Crippen LogP contribution in [0.1, 0.15) is 30.5 Å². The second-order valence-electron chi connectivity index (χ2n) is 5.28. The fraction of sp³-hybridized carbons (Fsp3) is 0.438.